The first kappa shape index (κ1) is 8.97. The topological polar surface area (TPSA) is 74.7 Å². The number of anilines is 1. The van der Waals surface area contributed by atoms with E-state index in [0.717, 1.165) is 5.69 Å². The fourth-order valence-corrected chi connectivity index (χ4v) is 1.62. The molecule has 0 aliphatic heterocycles. The summed E-state index contributed by atoms with van der Waals surface area (Å²) in [4.78, 5) is 4.32. The summed E-state index contributed by atoms with van der Waals surface area (Å²) in [6, 6.07) is 5.72. The molecule has 2 atom stereocenters. The highest BCUT2D eigenvalue weighted by molar-refractivity contribution is 5.51. The molecule has 0 radical (unpaired) electrons. The Labute approximate surface area is 82.7 Å². The Hall–Kier alpha value is -1.60. The predicted octanol–water partition coefficient (Wildman–Crippen LogP) is 1.36. The first-order valence-electron chi connectivity index (χ1n) is 4.64. The normalized spacial score (nSPS) is 24.1. The molecule has 1 heterocycles. The van der Waals surface area contributed by atoms with Crippen LogP contribution in [0.3, 0.4) is 0 Å². The summed E-state index contributed by atoms with van der Waals surface area (Å²) in [5.41, 5.74) is 3.97. The van der Waals surface area contributed by atoms with Crippen molar-refractivity contribution in [3.63, 3.8) is 0 Å². The number of pyridine rings is 1. The maximum atomic E-state index is 8.76. The number of nitrogen functional groups attached to an aromatic ring is 1. The van der Waals surface area contributed by atoms with Crippen molar-refractivity contribution in [2.75, 3.05) is 5.43 Å². The first-order valence-corrected chi connectivity index (χ1v) is 4.64. The van der Waals surface area contributed by atoms with Gasteiger partial charge in [-0.1, -0.05) is 6.92 Å². The lowest BCUT2D eigenvalue weighted by molar-refractivity contribution is 0.885. The molecule has 14 heavy (non-hydrogen) atoms. The van der Waals surface area contributed by atoms with Crippen molar-refractivity contribution in [2.45, 2.75) is 19.3 Å². The Morgan fingerprint density at radius 1 is 1.64 bits per heavy atom. The molecule has 1 aliphatic carbocycles. The van der Waals surface area contributed by atoms with Crippen LogP contribution in [0.5, 0.6) is 0 Å². The molecule has 1 fully saturated rings. The third kappa shape index (κ3) is 1.42. The van der Waals surface area contributed by atoms with Crippen LogP contribution in [0.1, 0.15) is 30.5 Å². The van der Waals surface area contributed by atoms with Crippen molar-refractivity contribution < 1.29 is 0 Å². The van der Waals surface area contributed by atoms with Crippen molar-refractivity contribution >= 4 is 5.82 Å². The Bertz CT molecular complexity index is 394. The Kier molecular flexibility index (Phi) is 2.10. The number of hydrogen-bond donors (Lipinski definition) is 2. The van der Waals surface area contributed by atoms with E-state index >= 15 is 0 Å². The maximum Gasteiger partial charge on any atom is 0.158 e. The molecule has 2 unspecified atom stereocenters. The Morgan fingerprint density at radius 3 is 2.86 bits per heavy atom. The molecule has 1 aromatic rings. The van der Waals surface area contributed by atoms with Gasteiger partial charge in [0.05, 0.1) is 5.56 Å². The molecule has 0 amide bonds. The minimum Gasteiger partial charge on any atom is -0.307 e. The van der Waals surface area contributed by atoms with E-state index in [1.165, 1.54) is 6.42 Å². The van der Waals surface area contributed by atoms with Crippen LogP contribution in [0.25, 0.3) is 0 Å². The minimum absolute atomic E-state index is 0.476. The van der Waals surface area contributed by atoms with Crippen molar-refractivity contribution in [1.29, 1.82) is 5.26 Å². The highest BCUT2D eigenvalue weighted by Gasteiger charge is 2.35. The van der Waals surface area contributed by atoms with Crippen LogP contribution in [0.4, 0.5) is 5.82 Å². The largest absolute Gasteiger partial charge is 0.307 e. The highest BCUT2D eigenvalue weighted by atomic mass is 15.3. The lowest BCUT2D eigenvalue weighted by atomic mass is 10.2. The molecule has 1 aromatic heterocycles. The lowest BCUT2D eigenvalue weighted by Gasteiger charge is -2.04. The number of rotatable bonds is 2. The van der Waals surface area contributed by atoms with Crippen LogP contribution in [0.15, 0.2) is 12.1 Å². The zero-order valence-electron chi connectivity index (χ0n) is 7.99. The quantitative estimate of drug-likeness (QED) is 0.543. The summed E-state index contributed by atoms with van der Waals surface area (Å²) in [7, 11) is 0. The van der Waals surface area contributed by atoms with Crippen LogP contribution < -0.4 is 11.3 Å². The SMILES string of the molecule is CC1CC1c1ccc(C#N)c(NN)n1. The molecule has 0 aromatic carbocycles. The van der Waals surface area contributed by atoms with Crippen molar-refractivity contribution in [3.05, 3.63) is 23.4 Å². The van der Waals surface area contributed by atoms with Gasteiger partial charge in [-0.25, -0.2) is 10.8 Å². The van der Waals surface area contributed by atoms with Gasteiger partial charge in [0.1, 0.15) is 6.07 Å². The van der Waals surface area contributed by atoms with Crippen molar-refractivity contribution in [1.82, 2.24) is 4.98 Å². The summed E-state index contributed by atoms with van der Waals surface area (Å²) >= 11 is 0. The number of nitriles is 1. The molecule has 72 valence electrons. The van der Waals surface area contributed by atoms with Gasteiger partial charge in [0.25, 0.3) is 0 Å². The number of hydrogen-bond acceptors (Lipinski definition) is 4. The summed E-state index contributed by atoms with van der Waals surface area (Å²) in [5, 5.41) is 8.76. The zero-order chi connectivity index (χ0) is 10.1. The molecule has 0 saturated heterocycles. The third-order valence-corrected chi connectivity index (χ3v) is 2.66. The van der Waals surface area contributed by atoms with E-state index in [0.29, 0.717) is 23.2 Å². The summed E-state index contributed by atoms with van der Waals surface area (Å²) in [5.74, 6) is 7.02. The van der Waals surface area contributed by atoms with E-state index in [2.05, 4.69) is 17.3 Å². The molecule has 4 heteroatoms. The number of nitrogens with zero attached hydrogens (tertiary/aromatic N) is 2. The average Bonchev–Trinajstić information content (AvgIpc) is 2.94. The number of aromatic nitrogens is 1. The van der Waals surface area contributed by atoms with Crippen molar-refractivity contribution in [3.8, 4) is 6.07 Å². The molecule has 3 N–H and O–H groups in total. The summed E-state index contributed by atoms with van der Waals surface area (Å²) < 4.78 is 0. The van der Waals surface area contributed by atoms with Gasteiger partial charge in [0, 0.05) is 11.6 Å². The molecular weight excluding hydrogens is 176 g/mol. The maximum absolute atomic E-state index is 8.76. The fraction of sp³-hybridized carbons (Fsp3) is 0.400. The molecule has 1 aliphatic rings. The van der Waals surface area contributed by atoms with Crippen LogP contribution in [-0.2, 0) is 0 Å². The van der Waals surface area contributed by atoms with Crippen LogP contribution in [-0.4, -0.2) is 4.98 Å². The lowest BCUT2D eigenvalue weighted by Crippen LogP contribution is -2.11. The standard InChI is InChI=1S/C10H12N4/c1-6-4-8(6)9-3-2-7(5-11)10(13-9)14-12/h2-3,6,8H,4,12H2,1H3,(H,13,14). The van der Waals surface area contributed by atoms with Gasteiger partial charge in [-0.2, -0.15) is 5.26 Å². The van der Waals surface area contributed by atoms with Gasteiger partial charge in [-0.15, -0.1) is 0 Å². The van der Waals surface area contributed by atoms with Gasteiger partial charge in [-0.3, -0.25) is 0 Å². The van der Waals surface area contributed by atoms with Gasteiger partial charge in [-0.05, 0) is 24.5 Å². The van der Waals surface area contributed by atoms with Crippen molar-refractivity contribution in [2.24, 2.45) is 11.8 Å². The fourth-order valence-electron chi connectivity index (χ4n) is 1.62. The minimum atomic E-state index is 0.476. The van der Waals surface area contributed by atoms with Gasteiger partial charge in [0.2, 0.25) is 0 Å². The first-order chi connectivity index (χ1) is 6.76. The van der Waals surface area contributed by atoms with Gasteiger partial charge in [0.15, 0.2) is 5.82 Å². The van der Waals surface area contributed by atoms with E-state index < -0.39 is 0 Å². The predicted molar refractivity (Wildman–Crippen MR) is 53.3 cm³/mol. The van der Waals surface area contributed by atoms with E-state index in [1.807, 2.05) is 12.1 Å². The van der Waals surface area contributed by atoms with E-state index in [1.54, 1.807) is 6.07 Å². The Balaban J connectivity index is 2.33. The monoisotopic (exact) mass is 188 g/mol. The summed E-state index contributed by atoms with van der Waals surface area (Å²) in [6.45, 7) is 2.19. The third-order valence-electron chi connectivity index (χ3n) is 2.66. The summed E-state index contributed by atoms with van der Waals surface area (Å²) in [6.07, 6.45) is 1.18. The molecular formula is C10H12N4. The number of nitrogens with one attached hydrogen (secondary N) is 1. The molecule has 0 spiro atoms. The second-order valence-corrected chi connectivity index (χ2v) is 3.71. The molecule has 1 saturated carbocycles. The van der Waals surface area contributed by atoms with Gasteiger partial charge < -0.3 is 5.43 Å². The second-order valence-electron chi connectivity index (χ2n) is 3.71. The molecule has 0 bridgehead atoms. The van der Waals surface area contributed by atoms with E-state index in [4.69, 9.17) is 11.1 Å². The van der Waals surface area contributed by atoms with E-state index in [9.17, 15) is 0 Å². The average molecular weight is 188 g/mol. The smallest absolute Gasteiger partial charge is 0.158 e. The van der Waals surface area contributed by atoms with Crippen LogP contribution in [0, 0.1) is 17.2 Å². The van der Waals surface area contributed by atoms with Gasteiger partial charge >= 0.3 is 0 Å². The Morgan fingerprint density at radius 2 is 2.36 bits per heavy atom. The highest BCUT2D eigenvalue weighted by Crippen LogP contribution is 2.46. The molecule has 4 nitrogen and oxygen atoms in total. The second kappa shape index (κ2) is 3.28. The number of nitrogens with two attached hydrogens (primary N) is 1. The number of hydrazine groups is 1. The van der Waals surface area contributed by atoms with Crippen LogP contribution >= 0.6 is 0 Å². The van der Waals surface area contributed by atoms with E-state index in [-0.39, 0.29) is 0 Å². The zero-order valence-corrected chi connectivity index (χ0v) is 7.99. The molecule has 2 rings (SSSR count). The van der Waals surface area contributed by atoms with Crippen LogP contribution in [0.2, 0.25) is 0 Å².